The number of nitriles is 1. The lowest BCUT2D eigenvalue weighted by Gasteiger charge is -2.17. The molecule has 8 nitrogen and oxygen atoms in total. The van der Waals surface area contributed by atoms with Crippen molar-refractivity contribution in [3.63, 3.8) is 0 Å². The molecule has 1 aliphatic heterocycles. The van der Waals surface area contributed by atoms with Gasteiger partial charge in [0.2, 0.25) is 0 Å². The molecule has 0 fully saturated rings. The summed E-state index contributed by atoms with van der Waals surface area (Å²) in [5, 5.41) is 31.9. The highest BCUT2D eigenvalue weighted by atomic mass is 16.6. The van der Waals surface area contributed by atoms with E-state index in [1.165, 1.54) is 6.07 Å². The minimum atomic E-state index is -0.471. The minimum Gasteiger partial charge on any atom is -0.375 e. The number of aromatic nitrogens is 3. The molecule has 1 aliphatic rings. The fourth-order valence-electron chi connectivity index (χ4n) is 2.89. The maximum atomic E-state index is 11.2. The van der Waals surface area contributed by atoms with Gasteiger partial charge >= 0.3 is 0 Å². The van der Waals surface area contributed by atoms with Crippen LogP contribution < -0.4 is 5.32 Å². The Labute approximate surface area is 132 Å². The van der Waals surface area contributed by atoms with Gasteiger partial charge in [-0.3, -0.25) is 10.1 Å². The van der Waals surface area contributed by atoms with Crippen LogP contribution in [0.25, 0.3) is 0 Å². The van der Waals surface area contributed by atoms with Crippen molar-refractivity contribution < 1.29 is 4.92 Å². The monoisotopic (exact) mass is 312 g/mol. The predicted molar refractivity (Wildman–Crippen MR) is 82.9 cm³/mol. The summed E-state index contributed by atoms with van der Waals surface area (Å²) in [6.45, 7) is 4.49. The maximum absolute atomic E-state index is 11.2. The van der Waals surface area contributed by atoms with Crippen molar-refractivity contribution in [3.8, 4) is 6.07 Å². The highest BCUT2D eigenvalue weighted by molar-refractivity contribution is 5.64. The number of nitrogens with zero attached hydrogens (tertiary/aromatic N) is 5. The van der Waals surface area contributed by atoms with Gasteiger partial charge in [0.1, 0.15) is 5.82 Å². The SMILES string of the molecule is Cc1c(N[C@@H](C)c2nnc3n2CCC3)cc(C#N)cc1[N+](=O)[O-]. The Bertz CT molecular complexity index is 820. The van der Waals surface area contributed by atoms with Gasteiger partial charge in [0.15, 0.2) is 5.82 Å². The molecule has 3 rings (SSSR count). The molecule has 0 radical (unpaired) electrons. The Morgan fingerprint density at radius 2 is 2.26 bits per heavy atom. The first kappa shape index (κ1) is 15.0. The van der Waals surface area contributed by atoms with Gasteiger partial charge in [-0.1, -0.05) is 0 Å². The van der Waals surface area contributed by atoms with Crippen molar-refractivity contribution >= 4 is 11.4 Å². The largest absolute Gasteiger partial charge is 0.375 e. The van der Waals surface area contributed by atoms with Crippen LogP contribution in [0.1, 0.15) is 42.2 Å². The summed E-state index contributed by atoms with van der Waals surface area (Å²) in [6, 6.07) is 4.71. The smallest absolute Gasteiger partial charge is 0.275 e. The van der Waals surface area contributed by atoms with E-state index in [9.17, 15) is 10.1 Å². The molecule has 0 saturated heterocycles. The first-order chi connectivity index (χ1) is 11.0. The number of benzene rings is 1. The van der Waals surface area contributed by atoms with E-state index in [1.807, 2.05) is 13.0 Å². The van der Waals surface area contributed by atoms with Gasteiger partial charge in [-0.15, -0.1) is 10.2 Å². The zero-order valence-corrected chi connectivity index (χ0v) is 12.9. The van der Waals surface area contributed by atoms with Crippen molar-refractivity contribution in [2.24, 2.45) is 0 Å². The zero-order valence-electron chi connectivity index (χ0n) is 12.9. The Morgan fingerprint density at radius 1 is 1.48 bits per heavy atom. The van der Waals surface area contributed by atoms with Crippen LogP contribution in [0, 0.1) is 28.4 Å². The van der Waals surface area contributed by atoms with Crippen molar-refractivity contribution in [1.82, 2.24) is 14.8 Å². The van der Waals surface area contributed by atoms with Gasteiger partial charge in [-0.05, 0) is 26.3 Å². The summed E-state index contributed by atoms with van der Waals surface area (Å²) in [5.74, 6) is 1.78. The van der Waals surface area contributed by atoms with Crippen molar-refractivity contribution in [3.05, 3.63) is 45.0 Å². The summed E-state index contributed by atoms with van der Waals surface area (Å²) >= 11 is 0. The maximum Gasteiger partial charge on any atom is 0.275 e. The molecule has 1 aromatic heterocycles. The van der Waals surface area contributed by atoms with E-state index in [0.717, 1.165) is 31.0 Å². The number of nitro benzene ring substituents is 1. The third kappa shape index (κ3) is 2.61. The predicted octanol–water partition coefficient (Wildman–Crippen LogP) is 2.49. The number of hydrogen-bond donors (Lipinski definition) is 1. The molecule has 0 unspecified atom stereocenters. The lowest BCUT2D eigenvalue weighted by Crippen LogP contribution is -2.14. The second-order valence-electron chi connectivity index (χ2n) is 5.63. The molecule has 23 heavy (non-hydrogen) atoms. The Hall–Kier alpha value is -2.95. The molecule has 1 atom stereocenters. The second kappa shape index (κ2) is 5.68. The van der Waals surface area contributed by atoms with Gasteiger partial charge < -0.3 is 9.88 Å². The van der Waals surface area contributed by atoms with Gasteiger partial charge in [0, 0.05) is 30.3 Å². The summed E-state index contributed by atoms with van der Waals surface area (Å²) in [7, 11) is 0. The molecular weight excluding hydrogens is 296 g/mol. The topological polar surface area (TPSA) is 110 Å². The average Bonchev–Trinajstić information content (AvgIpc) is 3.11. The van der Waals surface area contributed by atoms with Crippen LogP contribution >= 0.6 is 0 Å². The molecule has 0 bridgehead atoms. The second-order valence-corrected chi connectivity index (χ2v) is 5.63. The lowest BCUT2D eigenvalue weighted by molar-refractivity contribution is -0.385. The van der Waals surface area contributed by atoms with Crippen LogP contribution in [0.3, 0.4) is 0 Å². The van der Waals surface area contributed by atoms with Crippen molar-refractivity contribution in [2.45, 2.75) is 39.3 Å². The highest BCUT2D eigenvalue weighted by Crippen LogP contribution is 2.30. The Balaban J connectivity index is 1.94. The van der Waals surface area contributed by atoms with E-state index in [2.05, 4.69) is 20.1 Å². The molecule has 2 aromatic rings. The fraction of sp³-hybridized carbons (Fsp3) is 0.400. The Kier molecular flexibility index (Phi) is 3.70. The summed E-state index contributed by atoms with van der Waals surface area (Å²) in [5.41, 5.74) is 1.26. The number of rotatable bonds is 4. The van der Waals surface area contributed by atoms with E-state index in [-0.39, 0.29) is 17.3 Å². The molecule has 8 heteroatoms. The molecule has 0 aliphatic carbocycles. The normalized spacial score (nSPS) is 14.1. The number of hydrogen-bond acceptors (Lipinski definition) is 6. The number of nitrogens with one attached hydrogen (secondary N) is 1. The summed E-state index contributed by atoms with van der Waals surface area (Å²) in [6.07, 6.45) is 1.98. The molecule has 1 N–H and O–H groups in total. The quantitative estimate of drug-likeness (QED) is 0.686. The molecule has 2 heterocycles. The number of anilines is 1. The molecular formula is C15H16N6O2. The first-order valence-electron chi connectivity index (χ1n) is 7.39. The van der Waals surface area contributed by atoms with E-state index in [0.29, 0.717) is 11.3 Å². The van der Waals surface area contributed by atoms with Gasteiger partial charge in [-0.2, -0.15) is 5.26 Å². The first-order valence-corrected chi connectivity index (χ1v) is 7.39. The van der Waals surface area contributed by atoms with Crippen LogP contribution in [-0.4, -0.2) is 19.7 Å². The van der Waals surface area contributed by atoms with Crippen LogP contribution in [0.4, 0.5) is 11.4 Å². The molecule has 0 amide bonds. The third-order valence-corrected chi connectivity index (χ3v) is 4.10. The molecule has 1 aromatic carbocycles. The van der Waals surface area contributed by atoms with Gasteiger partial charge in [-0.25, -0.2) is 0 Å². The van der Waals surface area contributed by atoms with E-state index in [1.54, 1.807) is 13.0 Å². The number of nitro groups is 1. The third-order valence-electron chi connectivity index (χ3n) is 4.10. The van der Waals surface area contributed by atoms with Crippen LogP contribution in [0.5, 0.6) is 0 Å². The molecule has 0 spiro atoms. The van der Waals surface area contributed by atoms with E-state index in [4.69, 9.17) is 5.26 Å². The minimum absolute atomic E-state index is 0.0646. The van der Waals surface area contributed by atoms with Crippen molar-refractivity contribution in [1.29, 1.82) is 5.26 Å². The number of fused-ring (bicyclic) bond motifs is 1. The van der Waals surface area contributed by atoms with Gasteiger partial charge in [0.05, 0.1) is 22.6 Å². The summed E-state index contributed by atoms with van der Waals surface area (Å²) < 4.78 is 2.08. The van der Waals surface area contributed by atoms with E-state index < -0.39 is 4.92 Å². The van der Waals surface area contributed by atoms with Crippen LogP contribution in [0.15, 0.2) is 12.1 Å². The summed E-state index contributed by atoms with van der Waals surface area (Å²) in [4.78, 5) is 10.7. The fourth-order valence-corrected chi connectivity index (χ4v) is 2.89. The highest BCUT2D eigenvalue weighted by Gasteiger charge is 2.23. The standard InChI is InChI=1S/C15H16N6O2/c1-9-12(6-11(8-16)7-13(9)21(22)23)17-10(2)15-19-18-14-4-3-5-20(14)15/h6-7,10,17H,3-5H2,1-2H3/t10-/m0/s1. The van der Waals surface area contributed by atoms with Crippen LogP contribution in [-0.2, 0) is 13.0 Å². The van der Waals surface area contributed by atoms with Gasteiger partial charge in [0.25, 0.3) is 5.69 Å². The number of aryl methyl sites for hydroxylation is 1. The Morgan fingerprint density at radius 3 is 2.96 bits per heavy atom. The lowest BCUT2D eigenvalue weighted by atomic mass is 10.1. The molecule has 0 saturated carbocycles. The van der Waals surface area contributed by atoms with Crippen molar-refractivity contribution in [2.75, 3.05) is 5.32 Å². The van der Waals surface area contributed by atoms with E-state index >= 15 is 0 Å². The molecule has 118 valence electrons. The zero-order chi connectivity index (χ0) is 16.6. The van der Waals surface area contributed by atoms with Crippen LogP contribution in [0.2, 0.25) is 0 Å². The average molecular weight is 312 g/mol.